The van der Waals surface area contributed by atoms with Gasteiger partial charge in [0.15, 0.2) is 0 Å². The van der Waals surface area contributed by atoms with Gasteiger partial charge in [-0.2, -0.15) is 4.98 Å². The molecule has 1 N–H and O–H groups in total. The second-order valence-corrected chi connectivity index (χ2v) is 6.07. The Morgan fingerprint density at radius 1 is 1.33 bits per heavy atom. The van der Waals surface area contributed by atoms with Crippen molar-refractivity contribution >= 4 is 22.9 Å². The third-order valence-corrected chi connectivity index (χ3v) is 4.22. The normalized spacial score (nSPS) is 10.5. The van der Waals surface area contributed by atoms with Crippen LogP contribution in [0.2, 0.25) is 0 Å². The van der Waals surface area contributed by atoms with Crippen LogP contribution in [0.5, 0.6) is 5.75 Å². The van der Waals surface area contributed by atoms with E-state index in [0.29, 0.717) is 36.7 Å². The first kappa shape index (κ1) is 16.2. The number of aryl methyl sites for hydroxylation is 1. The van der Waals surface area contributed by atoms with Crippen LogP contribution < -0.4 is 10.1 Å². The van der Waals surface area contributed by atoms with Gasteiger partial charge < -0.3 is 14.6 Å². The van der Waals surface area contributed by atoms with Gasteiger partial charge in [0, 0.05) is 24.6 Å². The molecule has 0 saturated heterocycles. The first-order valence-corrected chi connectivity index (χ1v) is 8.43. The zero-order chi connectivity index (χ0) is 16.8. The highest BCUT2D eigenvalue weighted by Gasteiger charge is 2.10. The lowest BCUT2D eigenvalue weighted by molar-refractivity contribution is -0.116. The van der Waals surface area contributed by atoms with E-state index >= 15 is 0 Å². The highest BCUT2D eigenvalue weighted by Crippen LogP contribution is 2.21. The van der Waals surface area contributed by atoms with Crippen LogP contribution in [0.3, 0.4) is 0 Å². The quantitative estimate of drug-likeness (QED) is 0.706. The molecule has 24 heavy (non-hydrogen) atoms. The van der Waals surface area contributed by atoms with Crippen molar-refractivity contribution < 1.29 is 14.1 Å². The minimum atomic E-state index is -0.0544. The number of anilines is 1. The topological polar surface area (TPSA) is 77.2 Å². The Bertz CT molecular complexity index is 799. The SMILES string of the molecule is COc1cccc(NC(=O)CCCc2nc(-c3cccs3)no2)c1. The van der Waals surface area contributed by atoms with E-state index in [-0.39, 0.29) is 5.91 Å². The number of hydrogen-bond acceptors (Lipinski definition) is 6. The van der Waals surface area contributed by atoms with Crippen LogP contribution in [0, 0.1) is 0 Å². The minimum Gasteiger partial charge on any atom is -0.497 e. The Hall–Kier alpha value is -2.67. The molecular weight excluding hydrogens is 326 g/mol. The van der Waals surface area contributed by atoms with Crippen LogP contribution in [0.25, 0.3) is 10.7 Å². The molecule has 0 spiro atoms. The van der Waals surface area contributed by atoms with Gasteiger partial charge in [-0.1, -0.05) is 17.3 Å². The van der Waals surface area contributed by atoms with E-state index in [0.717, 1.165) is 10.6 Å². The maximum Gasteiger partial charge on any atom is 0.226 e. The van der Waals surface area contributed by atoms with Gasteiger partial charge in [-0.15, -0.1) is 11.3 Å². The average molecular weight is 343 g/mol. The molecule has 6 nitrogen and oxygen atoms in total. The van der Waals surface area contributed by atoms with Crippen molar-refractivity contribution in [1.82, 2.24) is 10.1 Å². The standard InChI is InChI=1S/C17H17N3O3S/c1-22-13-6-2-5-12(11-13)18-15(21)8-3-9-16-19-17(20-23-16)14-7-4-10-24-14/h2,4-7,10-11H,3,8-9H2,1H3,(H,18,21). The van der Waals surface area contributed by atoms with Gasteiger partial charge in [0.05, 0.1) is 12.0 Å². The van der Waals surface area contributed by atoms with Gasteiger partial charge >= 0.3 is 0 Å². The van der Waals surface area contributed by atoms with Crippen LogP contribution in [-0.2, 0) is 11.2 Å². The van der Waals surface area contributed by atoms with Crippen molar-refractivity contribution in [3.05, 3.63) is 47.7 Å². The number of nitrogens with one attached hydrogen (secondary N) is 1. The summed E-state index contributed by atoms with van der Waals surface area (Å²) in [6.45, 7) is 0. The van der Waals surface area contributed by atoms with Gasteiger partial charge in [-0.25, -0.2) is 0 Å². The number of aromatic nitrogens is 2. The molecule has 2 heterocycles. The van der Waals surface area contributed by atoms with Crippen molar-refractivity contribution in [2.75, 3.05) is 12.4 Å². The van der Waals surface area contributed by atoms with E-state index in [4.69, 9.17) is 9.26 Å². The smallest absolute Gasteiger partial charge is 0.226 e. The Labute approximate surface area is 143 Å². The number of methoxy groups -OCH3 is 1. The monoisotopic (exact) mass is 343 g/mol. The molecule has 0 bridgehead atoms. The summed E-state index contributed by atoms with van der Waals surface area (Å²) in [5, 5.41) is 8.77. The lowest BCUT2D eigenvalue weighted by Gasteiger charge is -2.06. The minimum absolute atomic E-state index is 0.0544. The summed E-state index contributed by atoms with van der Waals surface area (Å²) in [5.74, 6) is 1.80. The molecule has 3 aromatic rings. The van der Waals surface area contributed by atoms with Gasteiger partial charge in [-0.3, -0.25) is 4.79 Å². The lowest BCUT2D eigenvalue weighted by Crippen LogP contribution is -2.11. The third kappa shape index (κ3) is 4.20. The molecule has 3 rings (SSSR count). The van der Waals surface area contributed by atoms with Crippen molar-refractivity contribution in [1.29, 1.82) is 0 Å². The van der Waals surface area contributed by atoms with Crippen molar-refractivity contribution in [2.45, 2.75) is 19.3 Å². The van der Waals surface area contributed by atoms with Gasteiger partial charge in [0.2, 0.25) is 17.6 Å². The number of thiophene rings is 1. The fourth-order valence-corrected chi connectivity index (χ4v) is 2.84. The maximum atomic E-state index is 12.0. The summed E-state index contributed by atoms with van der Waals surface area (Å²) in [7, 11) is 1.59. The van der Waals surface area contributed by atoms with Crippen LogP contribution in [0.15, 0.2) is 46.3 Å². The van der Waals surface area contributed by atoms with Crippen molar-refractivity contribution in [3.8, 4) is 16.5 Å². The first-order chi connectivity index (χ1) is 11.7. The second-order valence-electron chi connectivity index (χ2n) is 5.12. The van der Waals surface area contributed by atoms with Crippen molar-refractivity contribution in [2.24, 2.45) is 0 Å². The number of carbonyl (C=O) groups excluding carboxylic acids is 1. The number of amides is 1. The summed E-state index contributed by atoms with van der Waals surface area (Å²) < 4.78 is 10.3. The van der Waals surface area contributed by atoms with E-state index < -0.39 is 0 Å². The largest absolute Gasteiger partial charge is 0.497 e. The molecule has 0 unspecified atom stereocenters. The Kier molecular flexibility index (Phi) is 5.22. The molecule has 0 fully saturated rings. The summed E-state index contributed by atoms with van der Waals surface area (Å²) in [6.07, 6.45) is 1.60. The first-order valence-electron chi connectivity index (χ1n) is 7.55. The van der Waals surface area contributed by atoms with Crippen molar-refractivity contribution in [3.63, 3.8) is 0 Å². The number of hydrogen-bond donors (Lipinski definition) is 1. The number of carbonyl (C=O) groups is 1. The maximum absolute atomic E-state index is 12.0. The molecule has 124 valence electrons. The van der Waals surface area contributed by atoms with Crippen LogP contribution in [0.4, 0.5) is 5.69 Å². The van der Waals surface area contributed by atoms with Crippen LogP contribution >= 0.6 is 11.3 Å². The molecule has 0 radical (unpaired) electrons. The van der Waals surface area contributed by atoms with Gasteiger partial charge in [0.1, 0.15) is 5.75 Å². The number of ether oxygens (including phenoxy) is 1. The molecule has 0 aliphatic carbocycles. The average Bonchev–Trinajstić information content (AvgIpc) is 3.26. The molecule has 0 saturated carbocycles. The number of benzene rings is 1. The zero-order valence-electron chi connectivity index (χ0n) is 13.2. The fraction of sp³-hybridized carbons (Fsp3) is 0.235. The molecular formula is C17H17N3O3S. The molecule has 0 aliphatic rings. The molecule has 7 heteroatoms. The molecule has 2 aromatic heterocycles. The highest BCUT2D eigenvalue weighted by atomic mass is 32.1. The molecule has 0 atom stereocenters. The Balaban J connectivity index is 1.46. The van der Waals surface area contributed by atoms with Crippen LogP contribution in [-0.4, -0.2) is 23.2 Å². The number of rotatable bonds is 7. The molecule has 1 aromatic carbocycles. The fourth-order valence-electron chi connectivity index (χ4n) is 2.19. The number of nitrogens with zero attached hydrogens (tertiary/aromatic N) is 2. The van der Waals surface area contributed by atoms with Gasteiger partial charge in [0.25, 0.3) is 0 Å². The van der Waals surface area contributed by atoms with E-state index in [1.807, 2.05) is 35.7 Å². The van der Waals surface area contributed by atoms with Gasteiger partial charge in [-0.05, 0) is 30.0 Å². The lowest BCUT2D eigenvalue weighted by atomic mass is 10.2. The summed E-state index contributed by atoms with van der Waals surface area (Å²) in [6, 6.07) is 11.2. The highest BCUT2D eigenvalue weighted by molar-refractivity contribution is 7.13. The van der Waals surface area contributed by atoms with Crippen LogP contribution in [0.1, 0.15) is 18.7 Å². The summed E-state index contributed by atoms with van der Waals surface area (Å²) >= 11 is 1.56. The predicted molar refractivity (Wildman–Crippen MR) is 92.2 cm³/mol. The van der Waals surface area contributed by atoms with E-state index in [1.165, 1.54) is 0 Å². The third-order valence-electron chi connectivity index (χ3n) is 3.36. The second kappa shape index (κ2) is 7.74. The summed E-state index contributed by atoms with van der Waals surface area (Å²) in [4.78, 5) is 17.3. The Morgan fingerprint density at radius 2 is 2.25 bits per heavy atom. The van der Waals surface area contributed by atoms with E-state index in [2.05, 4.69) is 15.5 Å². The Morgan fingerprint density at radius 3 is 3.04 bits per heavy atom. The zero-order valence-corrected chi connectivity index (χ0v) is 14.0. The summed E-state index contributed by atoms with van der Waals surface area (Å²) in [5.41, 5.74) is 0.720. The molecule has 0 aliphatic heterocycles. The predicted octanol–water partition coefficient (Wildman–Crippen LogP) is 3.77. The molecule has 1 amide bonds. The van der Waals surface area contributed by atoms with E-state index in [1.54, 1.807) is 24.5 Å². The van der Waals surface area contributed by atoms with E-state index in [9.17, 15) is 4.79 Å².